The molecule has 1 aliphatic heterocycles. The van der Waals surface area contributed by atoms with Gasteiger partial charge >= 0.3 is 0 Å². The molecule has 0 saturated heterocycles. The molecule has 0 unspecified atom stereocenters. The number of hydrogen-bond donors (Lipinski definition) is 1. The Balaban J connectivity index is 1.66. The van der Waals surface area contributed by atoms with E-state index in [9.17, 15) is 0 Å². The smallest absolute Gasteiger partial charge is 0.161 e. The Bertz CT molecular complexity index is 499. The Hall–Kier alpha value is -1.22. The molecule has 0 radical (unpaired) electrons. The number of rotatable bonds is 3. The summed E-state index contributed by atoms with van der Waals surface area (Å²) in [5, 5.41) is 3.38. The molecule has 1 N–H and O–H groups in total. The van der Waals surface area contributed by atoms with Crippen LogP contribution < -0.4 is 14.8 Å². The van der Waals surface area contributed by atoms with E-state index in [0.717, 1.165) is 18.0 Å². The van der Waals surface area contributed by atoms with Crippen molar-refractivity contribution in [2.75, 3.05) is 26.8 Å². The molecule has 102 valence electrons. The molecule has 3 nitrogen and oxygen atoms in total. The molecule has 2 fully saturated rings. The minimum Gasteiger partial charge on any atom is -0.486 e. The van der Waals surface area contributed by atoms with Crippen molar-refractivity contribution in [3.05, 3.63) is 23.8 Å². The van der Waals surface area contributed by atoms with Crippen LogP contribution in [-0.2, 0) is 5.41 Å². The second-order valence-corrected chi connectivity index (χ2v) is 6.52. The molecule has 2 aliphatic carbocycles. The van der Waals surface area contributed by atoms with Crippen LogP contribution in [0.15, 0.2) is 18.2 Å². The van der Waals surface area contributed by atoms with Crippen LogP contribution in [0.1, 0.15) is 31.2 Å². The zero-order chi connectivity index (χ0) is 12.9. The van der Waals surface area contributed by atoms with Gasteiger partial charge in [-0.1, -0.05) is 6.07 Å². The third-order valence-electron chi connectivity index (χ3n) is 5.05. The lowest BCUT2D eigenvalue weighted by Crippen LogP contribution is -2.49. The molecule has 0 bridgehead atoms. The second-order valence-electron chi connectivity index (χ2n) is 6.52. The summed E-state index contributed by atoms with van der Waals surface area (Å²) in [7, 11) is 2.05. The summed E-state index contributed by atoms with van der Waals surface area (Å²) in [5.41, 5.74) is 2.44. The van der Waals surface area contributed by atoms with Crippen molar-refractivity contribution < 1.29 is 9.47 Å². The van der Waals surface area contributed by atoms with Gasteiger partial charge in [-0.2, -0.15) is 0 Å². The third kappa shape index (κ3) is 1.75. The zero-order valence-electron chi connectivity index (χ0n) is 11.5. The van der Waals surface area contributed by atoms with Gasteiger partial charge in [0.1, 0.15) is 13.2 Å². The van der Waals surface area contributed by atoms with E-state index in [0.29, 0.717) is 24.0 Å². The van der Waals surface area contributed by atoms with E-state index in [1.165, 1.54) is 31.2 Å². The van der Waals surface area contributed by atoms with Gasteiger partial charge in [-0.15, -0.1) is 0 Å². The molecule has 1 spiro atoms. The normalized spacial score (nSPS) is 24.9. The van der Waals surface area contributed by atoms with E-state index in [1.54, 1.807) is 0 Å². The van der Waals surface area contributed by atoms with Crippen LogP contribution in [0.3, 0.4) is 0 Å². The van der Waals surface area contributed by atoms with E-state index in [1.807, 2.05) is 0 Å². The fraction of sp³-hybridized carbons (Fsp3) is 0.625. The Kier molecular flexibility index (Phi) is 2.37. The maximum absolute atomic E-state index is 5.73. The predicted molar refractivity (Wildman–Crippen MR) is 73.9 cm³/mol. The Labute approximate surface area is 114 Å². The largest absolute Gasteiger partial charge is 0.486 e. The molecular formula is C16H21NO2. The van der Waals surface area contributed by atoms with E-state index >= 15 is 0 Å². The van der Waals surface area contributed by atoms with Crippen LogP contribution in [0, 0.1) is 5.41 Å². The van der Waals surface area contributed by atoms with Crippen molar-refractivity contribution in [1.82, 2.24) is 5.32 Å². The molecule has 2 saturated carbocycles. The highest BCUT2D eigenvalue weighted by Gasteiger charge is 2.60. The molecule has 0 aromatic heterocycles. The van der Waals surface area contributed by atoms with Gasteiger partial charge in [-0.25, -0.2) is 0 Å². The summed E-state index contributed by atoms with van der Waals surface area (Å²) in [6.45, 7) is 2.39. The van der Waals surface area contributed by atoms with Gasteiger partial charge < -0.3 is 14.8 Å². The van der Waals surface area contributed by atoms with Crippen LogP contribution in [0.25, 0.3) is 0 Å². The monoisotopic (exact) mass is 259 g/mol. The minimum absolute atomic E-state index is 0.321. The summed E-state index contributed by atoms with van der Waals surface area (Å²) in [4.78, 5) is 0. The van der Waals surface area contributed by atoms with Crippen LogP contribution in [0.4, 0.5) is 0 Å². The van der Waals surface area contributed by atoms with Crippen molar-refractivity contribution in [2.45, 2.75) is 31.1 Å². The van der Waals surface area contributed by atoms with Gasteiger partial charge in [0.15, 0.2) is 11.5 Å². The van der Waals surface area contributed by atoms with Crippen molar-refractivity contribution in [1.29, 1.82) is 0 Å². The molecule has 0 amide bonds. The predicted octanol–water partition coefficient (Wildman–Crippen LogP) is 2.49. The fourth-order valence-corrected chi connectivity index (χ4v) is 4.06. The number of likely N-dealkylation sites (N-methyl/N-ethyl adjacent to an activating group) is 1. The van der Waals surface area contributed by atoms with Crippen molar-refractivity contribution >= 4 is 0 Å². The van der Waals surface area contributed by atoms with E-state index in [4.69, 9.17) is 9.47 Å². The average Bonchev–Trinajstić information content (AvgIpc) is 3.18. The Morgan fingerprint density at radius 2 is 1.84 bits per heavy atom. The average molecular weight is 259 g/mol. The van der Waals surface area contributed by atoms with Crippen LogP contribution in [-0.4, -0.2) is 26.8 Å². The van der Waals surface area contributed by atoms with Crippen molar-refractivity contribution in [3.8, 4) is 11.5 Å². The third-order valence-corrected chi connectivity index (χ3v) is 5.05. The van der Waals surface area contributed by atoms with Crippen LogP contribution in [0.2, 0.25) is 0 Å². The van der Waals surface area contributed by atoms with E-state index in [-0.39, 0.29) is 0 Å². The van der Waals surface area contributed by atoms with Crippen LogP contribution >= 0.6 is 0 Å². The maximum Gasteiger partial charge on any atom is 0.161 e. The van der Waals surface area contributed by atoms with E-state index < -0.39 is 0 Å². The first-order chi connectivity index (χ1) is 9.25. The maximum atomic E-state index is 5.73. The Morgan fingerprint density at radius 1 is 1.11 bits per heavy atom. The van der Waals surface area contributed by atoms with Crippen molar-refractivity contribution in [3.63, 3.8) is 0 Å². The van der Waals surface area contributed by atoms with Gasteiger partial charge in [0, 0.05) is 12.0 Å². The number of hydrogen-bond acceptors (Lipinski definition) is 3. The van der Waals surface area contributed by atoms with Gasteiger partial charge in [-0.05, 0) is 55.8 Å². The first-order valence-electron chi connectivity index (χ1n) is 7.30. The standard InChI is InChI=1S/C16H21NO2/c1-17-11-16(9-15(10-16)4-5-15)12-2-3-13-14(8-12)19-7-6-18-13/h2-3,8,17H,4-7,9-11H2,1H3. The highest BCUT2D eigenvalue weighted by atomic mass is 16.6. The molecule has 4 rings (SSSR count). The lowest BCUT2D eigenvalue weighted by molar-refractivity contribution is 0.117. The summed E-state index contributed by atoms with van der Waals surface area (Å²) < 4.78 is 11.3. The quantitative estimate of drug-likeness (QED) is 0.904. The number of nitrogens with one attached hydrogen (secondary N) is 1. The molecule has 0 atom stereocenters. The minimum atomic E-state index is 0.321. The summed E-state index contributed by atoms with van der Waals surface area (Å²) in [6.07, 6.45) is 5.53. The SMILES string of the molecule is CNCC1(c2ccc3c(c2)OCCO3)CC2(CC2)C1. The van der Waals surface area contributed by atoms with Gasteiger partial charge in [0.05, 0.1) is 0 Å². The number of fused-ring (bicyclic) bond motifs is 1. The molecular weight excluding hydrogens is 238 g/mol. The number of benzene rings is 1. The topological polar surface area (TPSA) is 30.5 Å². The van der Waals surface area contributed by atoms with Crippen LogP contribution in [0.5, 0.6) is 11.5 Å². The molecule has 19 heavy (non-hydrogen) atoms. The van der Waals surface area contributed by atoms with E-state index in [2.05, 4.69) is 30.6 Å². The molecule has 3 aliphatic rings. The van der Waals surface area contributed by atoms with Crippen molar-refractivity contribution in [2.24, 2.45) is 5.41 Å². The highest BCUT2D eigenvalue weighted by molar-refractivity contribution is 5.47. The zero-order valence-corrected chi connectivity index (χ0v) is 11.5. The number of ether oxygens (including phenoxy) is 2. The second kappa shape index (κ2) is 3.89. The fourth-order valence-electron chi connectivity index (χ4n) is 4.06. The molecule has 1 heterocycles. The highest BCUT2D eigenvalue weighted by Crippen LogP contribution is 2.68. The lowest BCUT2D eigenvalue weighted by Gasteiger charge is -2.49. The first kappa shape index (κ1) is 11.6. The summed E-state index contributed by atoms with van der Waals surface area (Å²) in [6, 6.07) is 6.53. The van der Waals surface area contributed by atoms with Gasteiger partial charge in [0.2, 0.25) is 0 Å². The molecule has 1 aromatic carbocycles. The van der Waals surface area contributed by atoms with Gasteiger partial charge in [-0.3, -0.25) is 0 Å². The molecule has 1 aromatic rings. The first-order valence-corrected chi connectivity index (χ1v) is 7.30. The van der Waals surface area contributed by atoms with Gasteiger partial charge in [0.25, 0.3) is 0 Å². The summed E-state index contributed by atoms with van der Waals surface area (Å²) in [5.74, 6) is 1.83. The molecule has 3 heteroatoms. The summed E-state index contributed by atoms with van der Waals surface area (Å²) >= 11 is 0. The Morgan fingerprint density at radius 3 is 2.53 bits per heavy atom. The lowest BCUT2D eigenvalue weighted by atomic mass is 9.56.